The second-order valence-corrected chi connectivity index (χ2v) is 7.63. The minimum absolute atomic E-state index is 0.0927. The zero-order valence-corrected chi connectivity index (χ0v) is 12.7. The summed E-state index contributed by atoms with van der Waals surface area (Å²) in [5.41, 5.74) is 0.380. The van der Waals surface area contributed by atoms with Gasteiger partial charge in [0.2, 0.25) is 0 Å². The minimum Gasteiger partial charge on any atom is -0.302 e. The average Bonchev–Trinajstić information content (AvgIpc) is 3.28. The summed E-state index contributed by atoms with van der Waals surface area (Å²) < 4.78 is 24.6. The zero-order valence-electron chi connectivity index (χ0n) is 11.9. The van der Waals surface area contributed by atoms with Crippen molar-refractivity contribution in [2.24, 2.45) is 5.92 Å². The lowest BCUT2D eigenvalue weighted by atomic mass is 10.2. The molecule has 0 bridgehead atoms. The summed E-state index contributed by atoms with van der Waals surface area (Å²) in [4.78, 5) is 2.35. The molecule has 0 saturated heterocycles. The standard InChI is InChI=1S/C15H20N2O2S/c1-12(14-6-7-14)17(2)8-9-20(18,19)15-5-3-4-13(10-15)11-16/h3-5,10,12,14H,6-9H2,1-2H3. The van der Waals surface area contributed by atoms with Crippen molar-refractivity contribution in [3.63, 3.8) is 0 Å². The molecule has 0 aromatic heterocycles. The highest BCUT2D eigenvalue weighted by Crippen LogP contribution is 2.34. The summed E-state index contributed by atoms with van der Waals surface area (Å²) in [7, 11) is -1.34. The van der Waals surface area contributed by atoms with Crippen LogP contribution in [0.5, 0.6) is 0 Å². The van der Waals surface area contributed by atoms with Gasteiger partial charge < -0.3 is 4.90 Å². The number of benzene rings is 1. The van der Waals surface area contributed by atoms with Crippen LogP contribution in [0.3, 0.4) is 0 Å². The van der Waals surface area contributed by atoms with Crippen LogP contribution in [0.4, 0.5) is 0 Å². The molecule has 1 unspecified atom stereocenters. The monoisotopic (exact) mass is 292 g/mol. The second kappa shape index (κ2) is 5.94. The van der Waals surface area contributed by atoms with Crippen molar-refractivity contribution in [3.8, 4) is 6.07 Å². The van der Waals surface area contributed by atoms with Gasteiger partial charge in [0.15, 0.2) is 9.84 Å². The lowest BCUT2D eigenvalue weighted by Gasteiger charge is -2.24. The number of hydrogen-bond donors (Lipinski definition) is 0. The molecule has 20 heavy (non-hydrogen) atoms. The van der Waals surface area contributed by atoms with Crippen molar-refractivity contribution in [2.75, 3.05) is 19.3 Å². The number of nitriles is 1. The Morgan fingerprint density at radius 3 is 2.75 bits per heavy atom. The van der Waals surface area contributed by atoms with Crippen LogP contribution in [0.2, 0.25) is 0 Å². The third-order valence-corrected chi connectivity index (χ3v) is 5.73. The van der Waals surface area contributed by atoms with E-state index in [4.69, 9.17) is 5.26 Å². The van der Waals surface area contributed by atoms with Gasteiger partial charge in [-0.05, 0) is 50.9 Å². The Balaban J connectivity index is 2.01. The van der Waals surface area contributed by atoms with E-state index in [0.29, 0.717) is 18.2 Å². The van der Waals surface area contributed by atoms with E-state index in [0.717, 1.165) is 5.92 Å². The molecule has 0 amide bonds. The summed E-state index contributed by atoms with van der Waals surface area (Å²) in [5, 5.41) is 8.83. The van der Waals surface area contributed by atoms with E-state index in [-0.39, 0.29) is 10.6 Å². The van der Waals surface area contributed by atoms with Gasteiger partial charge in [-0.1, -0.05) is 6.07 Å². The second-order valence-electron chi connectivity index (χ2n) is 5.52. The fourth-order valence-electron chi connectivity index (χ4n) is 2.28. The normalized spacial score (nSPS) is 16.9. The van der Waals surface area contributed by atoms with E-state index in [2.05, 4.69) is 11.8 Å². The molecule has 5 heteroatoms. The smallest absolute Gasteiger partial charge is 0.179 e. The van der Waals surface area contributed by atoms with Crippen LogP contribution in [0, 0.1) is 17.2 Å². The zero-order chi connectivity index (χ0) is 14.8. The molecule has 1 aliphatic carbocycles. The van der Waals surface area contributed by atoms with Gasteiger partial charge in [-0.25, -0.2) is 8.42 Å². The van der Waals surface area contributed by atoms with Gasteiger partial charge in [0, 0.05) is 12.6 Å². The van der Waals surface area contributed by atoms with Crippen LogP contribution >= 0.6 is 0 Å². The molecule has 1 fully saturated rings. The Kier molecular flexibility index (Phi) is 4.46. The molecule has 0 N–H and O–H groups in total. The lowest BCUT2D eigenvalue weighted by molar-refractivity contribution is 0.247. The number of rotatable bonds is 6. The summed E-state index contributed by atoms with van der Waals surface area (Å²) in [6.45, 7) is 2.68. The molecular weight excluding hydrogens is 272 g/mol. The molecule has 0 spiro atoms. The molecule has 4 nitrogen and oxygen atoms in total. The first-order valence-corrected chi connectivity index (χ1v) is 8.52. The third kappa shape index (κ3) is 3.59. The quantitative estimate of drug-likeness (QED) is 0.805. The van der Waals surface area contributed by atoms with Crippen molar-refractivity contribution in [3.05, 3.63) is 29.8 Å². The topological polar surface area (TPSA) is 61.2 Å². The Morgan fingerprint density at radius 2 is 2.15 bits per heavy atom. The number of sulfone groups is 1. The largest absolute Gasteiger partial charge is 0.302 e. The van der Waals surface area contributed by atoms with Crippen molar-refractivity contribution >= 4 is 9.84 Å². The minimum atomic E-state index is -3.32. The molecule has 0 radical (unpaired) electrons. The summed E-state index contributed by atoms with van der Waals surface area (Å²) >= 11 is 0. The summed E-state index contributed by atoms with van der Waals surface area (Å²) in [6.07, 6.45) is 2.50. The van der Waals surface area contributed by atoms with Gasteiger partial charge in [0.25, 0.3) is 0 Å². The molecule has 1 aromatic carbocycles. The highest BCUT2D eigenvalue weighted by atomic mass is 32.2. The van der Waals surface area contributed by atoms with Gasteiger partial charge in [-0.15, -0.1) is 0 Å². The van der Waals surface area contributed by atoms with Crippen LogP contribution in [0.1, 0.15) is 25.3 Å². The fourth-order valence-corrected chi connectivity index (χ4v) is 3.64. The molecule has 1 aliphatic rings. The summed E-state index contributed by atoms with van der Waals surface area (Å²) in [5.74, 6) is 0.819. The molecule has 1 aromatic rings. The summed E-state index contributed by atoms with van der Waals surface area (Å²) in [6, 6.07) is 8.64. The molecule has 2 rings (SSSR count). The first-order chi connectivity index (χ1) is 9.44. The average molecular weight is 292 g/mol. The molecule has 0 heterocycles. The van der Waals surface area contributed by atoms with Crippen molar-refractivity contribution in [1.29, 1.82) is 5.26 Å². The molecule has 1 atom stereocenters. The van der Waals surface area contributed by atoms with Crippen molar-refractivity contribution < 1.29 is 8.42 Å². The first-order valence-electron chi connectivity index (χ1n) is 6.87. The van der Waals surface area contributed by atoms with E-state index >= 15 is 0 Å². The van der Waals surface area contributed by atoms with Gasteiger partial charge in [-0.2, -0.15) is 5.26 Å². The van der Waals surface area contributed by atoms with Gasteiger partial charge in [0.05, 0.1) is 22.3 Å². The molecule has 1 saturated carbocycles. The van der Waals surface area contributed by atoms with Gasteiger partial charge >= 0.3 is 0 Å². The maximum absolute atomic E-state index is 12.3. The first kappa shape index (κ1) is 15.0. The number of hydrogen-bond acceptors (Lipinski definition) is 4. The Bertz CT molecular complexity index is 615. The maximum atomic E-state index is 12.3. The Labute approximate surface area is 120 Å². The number of nitrogens with zero attached hydrogens (tertiary/aromatic N) is 2. The predicted molar refractivity (Wildman–Crippen MR) is 78.0 cm³/mol. The highest BCUT2D eigenvalue weighted by Gasteiger charge is 2.30. The van der Waals surface area contributed by atoms with Crippen molar-refractivity contribution in [2.45, 2.75) is 30.7 Å². The van der Waals surface area contributed by atoms with E-state index in [1.54, 1.807) is 18.2 Å². The van der Waals surface area contributed by atoms with Gasteiger partial charge in [0.1, 0.15) is 0 Å². The van der Waals surface area contributed by atoms with Crippen LogP contribution in [0.25, 0.3) is 0 Å². The van der Waals surface area contributed by atoms with Crippen molar-refractivity contribution in [1.82, 2.24) is 4.90 Å². The Hall–Kier alpha value is -1.38. The van der Waals surface area contributed by atoms with Crippen LogP contribution in [-0.2, 0) is 9.84 Å². The van der Waals surface area contributed by atoms with Gasteiger partial charge in [-0.3, -0.25) is 0 Å². The van der Waals surface area contributed by atoms with Crippen LogP contribution < -0.4 is 0 Å². The molecular formula is C15H20N2O2S. The molecule has 0 aliphatic heterocycles. The predicted octanol–water partition coefficient (Wildman–Crippen LogP) is 2.06. The van der Waals surface area contributed by atoms with E-state index in [1.807, 2.05) is 13.1 Å². The van der Waals surface area contributed by atoms with Crippen LogP contribution in [-0.4, -0.2) is 38.7 Å². The highest BCUT2D eigenvalue weighted by molar-refractivity contribution is 7.91. The maximum Gasteiger partial charge on any atom is 0.179 e. The van der Waals surface area contributed by atoms with E-state index in [1.165, 1.54) is 18.9 Å². The fraction of sp³-hybridized carbons (Fsp3) is 0.533. The lowest BCUT2D eigenvalue weighted by Crippen LogP contribution is -2.34. The van der Waals surface area contributed by atoms with Crippen LogP contribution in [0.15, 0.2) is 29.2 Å². The Morgan fingerprint density at radius 1 is 1.45 bits per heavy atom. The van der Waals surface area contributed by atoms with E-state index < -0.39 is 9.84 Å². The molecule has 108 valence electrons. The SMILES string of the molecule is CC(C1CC1)N(C)CCS(=O)(=O)c1cccc(C#N)c1. The third-order valence-electron chi connectivity index (χ3n) is 4.03. The van der Waals surface area contributed by atoms with E-state index in [9.17, 15) is 8.42 Å².